The van der Waals surface area contributed by atoms with Gasteiger partial charge < -0.3 is 15.1 Å². The number of likely N-dealkylation sites (tertiary alicyclic amines) is 1. The Bertz CT molecular complexity index is 448. The molecule has 1 aliphatic rings. The zero-order chi connectivity index (χ0) is 15.5. The first-order chi connectivity index (χ1) is 9.90. The summed E-state index contributed by atoms with van der Waals surface area (Å²) in [5, 5.41) is 5.84. The minimum Gasteiger partial charge on any atom is -0.331 e. The van der Waals surface area contributed by atoms with Crippen LogP contribution in [0.5, 0.6) is 0 Å². The highest BCUT2D eigenvalue weighted by Crippen LogP contribution is 2.27. The maximum atomic E-state index is 11.9. The quantitative estimate of drug-likeness (QED) is 0.928. The third kappa shape index (κ3) is 4.20. The van der Waals surface area contributed by atoms with E-state index < -0.39 is 0 Å². The summed E-state index contributed by atoms with van der Waals surface area (Å²) in [5.74, 6) is 0. The fourth-order valence-corrected chi connectivity index (χ4v) is 3.56. The van der Waals surface area contributed by atoms with Crippen LogP contribution in [0.3, 0.4) is 0 Å². The Morgan fingerprint density at radius 1 is 1.43 bits per heavy atom. The monoisotopic (exact) mass is 309 g/mol. The summed E-state index contributed by atoms with van der Waals surface area (Å²) in [4.78, 5) is 16.9. The Balaban J connectivity index is 1.78. The third-order valence-electron chi connectivity index (χ3n) is 4.17. The maximum absolute atomic E-state index is 11.9. The lowest BCUT2D eigenvalue weighted by Crippen LogP contribution is -2.49. The predicted molar refractivity (Wildman–Crippen MR) is 89.0 cm³/mol. The molecule has 5 heteroatoms. The Kier molecular flexibility index (Phi) is 5.27. The number of carbonyl (C=O) groups is 1. The molecule has 21 heavy (non-hydrogen) atoms. The summed E-state index contributed by atoms with van der Waals surface area (Å²) in [5.41, 5.74) is 0.171. The van der Waals surface area contributed by atoms with Gasteiger partial charge in [0.25, 0.3) is 0 Å². The normalized spacial score (nSPS) is 17.0. The largest absolute Gasteiger partial charge is 0.331 e. The molecule has 2 heterocycles. The predicted octanol–water partition coefficient (Wildman–Crippen LogP) is 2.76. The molecule has 0 aliphatic carbocycles. The number of urea groups is 1. The topological polar surface area (TPSA) is 35.6 Å². The van der Waals surface area contributed by atoms with Gasteiger partial charge >= 0.3 is 6.03 Å². The standard InChI is InChI=1S/C16H27N3OS/c1-16(2,14-6-5-11-21-14)12-17-13-7-9-19(10-8-13)15(20)18(3)4/h5-6,11,13,17H,7-10,12H2,1-4H3. The van der Waals surface area contributed by atoms with Gasteiger partial charge in [-0.2, -0.15) is 0 Å². The Labute approximate surface area is 132 Å². The zero-order valence-corrected chi connectivity index (χ0v) is 14.4. The molecule has 0 aromatic carbocycles. The Morgan fingerprint density at radius 2 is 2.10 bits per heavy atom. The molecule has 1 aromatic heterocycles. The fraction of sp³-hybridized carbons (Fsp3) is 0.688. The van der Waals surface area contributed by atoms with Gasteiger partial charge in [-0.25, -0.2) is 4.79 Å². The van der Waals surface area contributed by atoms with Crippen LogP contribution >= 0.6 is 11.3 Å². The van der Waals surface area contributed by atoms with Gasteiger partial charge in [-0.1, -0.05) is 19.9 Å². The number of hydrogen-bond donors (Lipinski definition) is 1. The van der Waals surface area contributed by atoms with Gasteiger partial charge in [-0.05, 0) is 24.3 Å². The fourth-order valence-electron chi connectivity index (χ4n) is 2.71. The minimum atomic E-state index is 0.132. The molecular weight excluding hydrogens is 282 g/mol. The number of hydrogen-bond acceptors (Lipinski definition) is 3. The second-order valence-electron chi connectivity index (χ2n) is 6.68. The van der Waals surface area contributed by atoms with Crippen molar-refractivity contribution < 1.29 is 4.79 Å². The molecule has 0 spiro atoms. The van der Waals surface area contributed by atoms with E-state index in [1.807, 2.05) is 30.3 Å². The van der Waals surface area contributed by atoms with E-state index in [2.05, 4.69) is 36.7 Å². The second kappa shape index (κ2) is 6.79. The number of amides is 2. The number of piperidine rings is 1. The Morgan fingerprint density at radius 3 is 2.62 bits per heavy atom. The van der Waals surface area contributed by atoms with E-state index in [0.717, 1.165) is 32.5 Å². The van der Waals surface area contributed by atoms with Crippen LogP contribution in [0.2, 0.25) is 0 Å². The van der Waals surface area contributed by atoms with Crippen molar-refractivity contribution >= 4 is 17.4 Å². The van der Waals surface area contributed by atoms with Crippen LogP contribution in [-0.2, 0) is 5.41 Å². The number of nitrogens with one attached hydrogen (secondary N) is 1. The summed E-state index contributed by atoms with van der Waals surface area (Å²) in [6.45, 7) is 7.27. The summed E-state index contributed by atoms with van der Waals surface area (Å²) in [7, 11) is 3.63. The van der Waals surface area contributed by atoms with E-state index in [9.17, 15) is 4.79 Å². The minimum absolute atomic E-state index is 0.132. The van der Waals surface area contributed by atoms with Crippen LogP contribution in [0.15, 0.2) is 17.5 Å². The molecule has 0 bridgehead atoms. The lowest BCUT2D eigenvalue weighted by Gasteiger charge is -2.35. The smallest absolute Gasteiger partial charge is 0.319 e. The molecule has 1 aromatic rings. The van der Waals surface area contributed by atoms with Crippen molar-refractivity contribution in [2.45, 2.75) is 38.1 Å². The molecule has 1 saturated heterocycles. The van der Waals surface area contributed by atoms with Gasteiger partial charge in [0.05, 0.1) is 0 Å². The first-order valence-electron chi connectivity index (χ1n) is 7.64. The summed E-state index contributed by atoms with van der Waals surface area (Å²) < 4.78 is 0. The molecule has 0 radical (unpaired) electrons. The van der Waals surface area contributed by atoms with Gasteiger partial charge in [0.15, 0.2) is 0 Å². The van der Waals surface area contributed by atoms with Crippen LogP contribution in [-0.4, -0.2) is 55.6 Å². The molecule has 0 saturated carbocycles. The molecule has 0 unspecified atom stereocenters. The van der Waals surface area contributed by atoms with Crippen molar-refractivity contribution in [1.29, 1.82) is 0 Å². The van der Waals surface area contributed by atoms with E-state index in [-0.39, 0.29) is 11.4 Å². The van der Waals surface area contributed by atoms with E-state index in [1.54, 1.807) is 4.90 Å². The number of carbonyl (C=O) groups excluding carboxylic acids is 1. The van der Waals surface area contributed by atoms with Crippen molar-refractivity contribution in [3.8, 4) is 0 Å². The lowest BCUT2D eigenvalue weighted by atomic mass is 9.90. The molecule has 1 fully saturated rings. The molecule has 1 N–H and O–H groups in total. The highest BCUT2D eigenvalue weighted by molar-refractivity contribution is 7.10. The average molecular weight is 309 g/mol. The zero-order valence-electron chi connectivity index (χ0n) is 13.6. The maximum Gasteiger partial charge on any atom is 0.319 e. The van der Waals surface area contributed by atoms with Gasteiger partial charge in [-0.15, -0.1) is 11.3 Å². The van der Waals surface area contributed by atoms with Crippen molar-refractivity contribution in [2.24, 2.45) is 0 Å². The number of thiophene rings is 1. The van der Waals surface area contributed by atoms with E-state index in [1.165, 1.54) is 4.88 Å². The van der Waals surface area contributed by atoms with E-state index in [0.29, 0.717) is 6.04 Å². The summed E-state index contributed by atoms with van der Waals surface area (Å²) >= 11 is 1.83. The average Bonchev–Trinajstić information content (AvgIpc) is 3.00. The van der Waals surface area contributed by atoms with Crippen LogP contribution in [0, 0.1) is 0 Å². The van der Waals surface area contributed by atoms with Gasteiger partial charge in [0.2, 0.25) is 0 Å². The summed E-state index contributed by atoms with van der Waals surface area (Å²) in [6, 6.07) is 4.99. The van der Waals surface area contributed by atoms with Gasteiger partial charge in [0.1, 0.15) is 0 Å². The van der Waals surface area contributed by atoms with Crippen LogP contribution in [0.1, 0.15) is 31.6 Å². The van der Waals surface area contributed by atoms with Gasteiger partial charge in [0, 0.05) is 50.1 Å². The van der Waals surface area contributed by atoms with E-state index in [4.69, 9.17) is 0 Å². The van der Waals surface area contributed by atoms with Crippen molar-refractivity contribution in [3.63, 3.8) is 0 Å². The molecule has 4 nitrogen and oxygen atoms in total. The molecule has 2 rings (SSSR count). The second-order valence-corrected chi connectivity index (χ2v) is 7.63. The first-order valence-corrected chi connectivity index (χ1v) is 8.52. The molecule has 1 aliphatic heterocycles. The summed E-state index contributed by atoms with van der Waals surface area (Å²) in [6.07, 6.45) is 2.08. The van der Waals surface area contributed by atoms with Crippen molar-refractivity contribution in [3.05, 3.63) is 22.4 Å². The van der Waals surface area contributed by atoms with Crippen LogP contribution in [0.25, 0.3) is 0 Å². The molecule has 0 atom stereocenters. The molecule has 118 valence electrons. The van der Waals surface area contributed by atoms with Gasteiger partial charge in [-0.3, -0.25) is 0 Å². The van der Waals surface area contributed by atoms with Crippen LogP contribution < -0.4 is 5.32 Å². The molecule has 2 amide bonds. The lowest BCUT2D eigenvalue weighted by molar-refractivity contribution is 0.151. The first kappa shape index (κ1) is 16.3. The van der Waals surface area contributed by atoms with Crippen molar-refractivity contribution in [1.82, 2.24) is 15.1 Å². The SMILES string of the molecule is CN(C)C(=O)N1CCC(NCC(C)(C)c2cccs2)CC1. The Hall–Kier alpha value is -1.07. The highest BCUT2D eigenvalue weighted by Gasteiger charge is 2.26. The highest BCUT2D eigenvalue weighted by atomic mass is 32.1. The van der Waals surface area contributed by atoms with Crippen molar-refractivity contribution in [2.75, 3.05) is 33.7 Å². The van der Waals surface area contributed by atoms with Crippen LogP contribution in [0.4, 0.5) is 4.79 Å². The number of rotatable bonds is 4. The third-order valence-corrected chi connectivity index (χ3v) is 5.40. The number of nitrogens with zero attached hydrogens (tertiary/aromatic N) is 2. The molecular formula is C16H27N3OS. The van der Waals surface area contributed by atoms with E-state index >= 15 is 0 Å².